The van der Waals surface area contributed by atoms with E-state index in [-0.39, 0.29) is 11.5 Å². The predicted molar refractivity (Wildman–Crippen MR) is 117 cm³/mol. The van der Waals surface area contributed by atoms with E-state index in [4.69, 9.17) is 9.47 Å². The lowest BCUT2D eigenvalue weighted by Gasteiger charge is -2.12. The van der Waals surface area contributed by atoms with E-state index in [9.17, 15) is 19.2 Å². The molecule has 1 N–H and O–H groups in total. The van der Waals surface area contributed by atoms with Crippen molar-refractivity contribution in [3.8, 4) is 5.75 Å². The number of para-hydroxylation sites is 1. The molecular weight excluding hydrogens is 420 g/mol. The number of hydrogen-bond donors (Lipinski definition) is 1. The first kappa shape index (κ1) is 22.1. The van der Waals surface area contributed by atoms with Gasteiger partial charge < -0.3 is 14.8 Å². The van der Waals surface area contributed by atoms with Crippen molar-refractivity contribution in [2.24, 2.45) is 0 Å². The maximum Gasteiger partial charge on any atom is 0.338 e. The highest BCUT2D eigenvalue weighted by atomic mass is 32.2. The van der Waals surface area contributed by atoms with Crippen LogP contribution in [0.2, 0.25) is 0 Å². The van der Waals surface area contributed by atoms with Crippen molar-refractivity contribution in [1.82, 2.24) is 4.90 Å². The number of anilines is 1. The minimum atomic E-state index is -0.547. The minimum Gasteiger partial charge on any atom is -0.496 e. The van der Waals surface area contributed by atoms with E-state index >= 15 is 0 Å². The number of imide groups is 1. The second-order valence-electron chi connectivity index (χ2n) is 6.36. The molecule has 1 fully saturated rings. The molecule has 2 aromatic carbocycles. The van der Waals surface area contributed by atoms with Gasteiger partial charge in [-0.15, -0.1) is 0 Å². The Balaban J connectivity index is 1.65. The van der Waals surface area contributed by atoms with Crippen LogP contribution in [0, 0.1) is 0 Å². The van der Waals surface area contributed by atoms with Gasteiger partial charge in [0.15, 0.2) is 0 Å². The van der Waals surface area contributed by atoms with Gasteiger partial charge >= 0.3 is 5.97 Å². The summed E-state index contributed by atoms with van der Waals surface area (Å²) in [7, 11) is 1.52. The molecule has 0 atom stereocenters. The van der Waals surface area contributed by atoms with Crippen molar-refractivity contribution < 1.29 is 28.7 Å². The maximum atomic E-state index is 12.6. The Bertz CT molecular complexity index is 1050. The van der Waals surface area contributed by atoms with Crippen LogP contribution >= 0.6 is 11.8 Å². The van der Waals surface area contributed by atoms with Gasteiger partial charge in [0.25, 0.3) is 11.1 Å². The number of carbonyl (C=O) groups excluding carboxylic acids is 4. The van der Waals surface area contributed by atoms with Gasteiger partial charge in [0.05, 0.1) is 24.2 Å². The molecule has 2 aromatic rings. The number of rotatable bonds is 7. The average Bonchev–Trinajstić information content (AvgIpc) is 3.02. The Morgan fingerprint density at radius 2 is 1.81 bits per heavy atom. The van der Waals surface area contributed by atoms with Gasteiger partial charge in [-0.25, -0.2) is 4.79 Å². The van der Waals surface area contributed by atoms with Gasteiger partial charge in [0, 0.05) is 11.3 Å². The van der Waals surface area contributed by atoms with E-state index in [2.05, 4.69) is 5.32 Å². The molecule has 1 aliphatic heterocycles. The first-order valence-electron chi connectivity index (χ1n) is 9.38. The zero-order valence-electron chi connectivity index (χ0n) is 16.9. The molecule has 0 aliphatic carbocycles. The molecule has 31 heavy (non-hydrogen) atoms. The second-order valence-corrected chi connectivity index (χ2v) is 7.35. The summed E-state index contributed by atoms with van der Waals surface area (Å²) in [6.45, 7) is 1.55. The van der Waals surface area contributed by atoms with Gasteiger partial charge in [-0.2, -0.15) is 0 Å². The van der Waals surface area contributed by atoms with Crippen LogP contribution < -0.4 is 10.1 Å². The zero-order valence-corrected chi connectivity index (χ0v) is 17.7. The third-order valence-corrected chi connectivity index (χ3v) is 5.19. The molecule has 0 bridgehead atoms. The van der Waals surface area contributed by atoms with Gasteiger partial charge in [-0.05, 0) is 55.1 Å². The van der Waals surface area contributed by atoms with Crippen molar-refractivity contribution in [3.63, 3.8) is 0 Å². The summed E-state index contributed by atoms with van der Waals surface area (Å²) in [6, 6.07) is 13.2. The molecule has 9 heteroatoms. The normalized spacial score (nSPS) is 14.6. The number of esters is 1. The molecule has 0 spiro atoms. The van der Waals surface area contributed by atoms with Crippen LogP contribution in [0.25, 0.3) is 6.08 Å². The molecule has 0 saturated carbocycles. The summed E-state index contributed by atoms with van der Waals surface area (Å²) in [4.78, 5) is 50.0. The first-order valence-corrected chi connectivity index (χ1v) is 10.2. The topological polar surface area (TPSA) is 102 Å². The Labute approximate surface area is 183 Å². The third-order valence-electron chi connectivity index (χ3n) is 4.28. The summed E-state index contributed by atoms with van der Waals surface area (Å²) < 4.78 is 10.2. The van der Waals surface area contributed by atoms with Crippen LogP contribution in [0.1, 0.15) is 22.8 Å². The van der Waals surface area contributed by atoms with Crippen molar-refractivity contribution in [2.45, 2.75) is 6.92 Å². The fourth-order valence-electron chi connectivity index (χ4n) is 2.81. The van der Waals surface area contributed by atoms with Gasteiger partial charge in [0.2, 0.25) is 5.91 Å². The molecule has 8 nitrogen and oxygen atoms in total. The molecule has 1 saturated heterocycles. The lowest BCUT2D eigenvalue weighted by molar-refractivity contribution is -0.127. The average molecular weight is 440 g/mol. The molecule has 3 rings (SSSR count). The number of nitrogens with one attached hydrogen (secondary N) is 1. The molecule has 3 amide bonds. The van der Waals surface area contributed by atoms with Crippen molar-refractivity contribution in [1.29, 1.82) is 0 Å². The van der Waals surface area contributed by atoms with E-state index in [1.54, 1.807) is 49.4 Å². The molecule has 160 valence electrons. The standard InChI is InChI=1S/C22H20N2O6S/c1-3-30-21(27)14-8-10-16(11-9-14)23-19(25)13-24-20(26)18(31-22(24)28)12-15-6-4-5-7-17(15)29-2/h4-12H,3,13H2,1-2H3,(H,23,25)/b18-12-. The number of methoxy groups -OCH3 is 1. The predicted octanol–water partition coefficient (Wildman–Crippen LogP) is 3.55. The molecule has 0 aromatic heterocycles. The van der Waals surface area contributed by atoms with E-state index in [1.807, 2.05) is 0 Å². The monoisotopic (exact) mass is 440 g/mol. The summed E-state index contributed by atoms with van der Waals surface area (Å²) in [5.41, 5.74) is 1.43. The second kappa shape index (κ2) is 9.94. The fraction of sp³-hybridized carbons (Fsp3) is 0.182. The van der Waals surface area contributed by atoms with Crippen LogP contribution in [0.4, 0.5) is 10.5 Å². The Hall–Kier alpha value is -3.59. The number of benzene rings is 2. The van der Waals surface area contributed by atoms with E-state index in [1.165, 1.54) is 19.2 Å². The van der Waals surface area contributed by atoms with Crippen molar-refractivity contribution in [2.75, 3.05) is 25.6 Å². The number of amides is 3. The van der Waals surface area contributed by atoms with Crippen LogP contribution in [-0.2, 0) is 14.3 Å². The van der Waals surface area contributed by atoms with Crippen molar-refractivity contribution >= 4 is 46.5 Å². The summed E-state index contributed by atoms with van der Waals surface area (Å²) in [6.07, 6.45) is 1.57. The number of thioether (sulfide) groups is 1. The van der Waals surface area contributed by atoms with Crippen LogP contribution in [-0.4, -0.2) is 48.2 Å². The lowest BCUT2D eigenvalue weighted by atomic mass is 10.2. The van der Waals surface area contributed by atoms with E-state index in [0.29, 0.717) is 22.6 Å². The van der Waals surface area contributed by atoms with Crippen molar-refractivity contribution in [3.05, 3.63) is 64.6 Å². The Kier molecular flexibility index (Phi) is 7.09. The highest BCUT2D eigenvalue weighted by molar-refractivity contribution is 8.18. The number of carbonyl (C=O) groups is 4. The molecule has 1 aliphatic rings. The Morgan fingerprint density at radius 3 is 2.48 bits per heavy atom. The minimum absolute atomic E-state index is 0.209. The quantitative estimate of drug-likeness (QED) is 0.519. The summed E-state index contributed by atoms with van der Waals surface area (Å²) >= 11 is 0.765. The molecule has 0 radical (unpaired) electrons. The summed E-state index contributed by atoms with van der Waals surface area (Å²) in [5, 5.41) is 2.08. The van der Waals surface area contributed by atoms with Crippen LogP contribution in [0.3, 0.4) is 0 Å². The van der Waals surface area contributed by atoms with Crippen LogP contribution in [0.15, 0.2) is 53.4 Å². The molecule has 0 unspecified atom stereocenters. The number of nitrogens with zero attached hydrogens (tertiary/aromatic N) is 1. The summed E-state index contributed by atoms with van der Waals surface area (Å²) in [5.74, 6) is -0.975. The fourth-order valence-corrected chi connectivity index (χ4v) is 3.64. The smallest absolute Gasteiger partial charge is 0.338 e. The SMILES string of the molecule is CCOC(=O)c1ccc(NC(=O)CN2C(=O)S/C(=C\c3ccccc3OC)C2=O)cc1. The number of hydrogen-bond acceptors (Lipinski definition) is 7. The van der Waals surface area contributed by atoms with Gasteiger partial charge in [-0.3, -0.25) is 19.3 Å². The highest BCUT2D eigenvalue weighted by Crippen LogP contribution is 2.33. The maximum absolute atomic E-state index is 12.6. The highest BCUT2D eigenvalue weighted by Gasteiger charge is 2.36. The largest absolute Gasteiger partial charge is 0.496 e. The Morgan fingerprint density at radius 1 is 1.10 bits per heavy atom. The number of ether oxygens (including phenoxy) is 2. The van der Waals surface area contributed by atoms with E-state index in [0.717, 1.165) is 16.7 Å². The van der Waals surface area contributed by atoms with Gasteiger partial charge in [0.1, 0.15) is 12.3 Å². The molecular formula is C22H20N2O6S. The first-order chi connectivity index (χ1) is 14.9. The molecule has 1 heterocycles. The van der Waals surface area contributed by atoms with Crippen LogP contribution in [0.5, 0.6) is 5.75 Å². The zero-order chi connectivity index (χ0) is 22.4. The van der Waals surface area contributed by atoms with Gasteiger partial charge in [-0.1, -0.05) is 18.2 Å². The lowest BCUT2D eigenvalue weighted by Crippen LogP contribution is -2.36. The third kappa shape index (κ3) is 5.32. The van der Waals surface area contributed by atoms with E-state index < -0.39 is 29.6 Å².